The summed E-state index contributed by atoms with van der Waals surface area (Å²) in [5, 5.41) is 2.58. The molecule has 2 aromatic rings. The molecule has 0 radical (unpaired) electrons. The summed E-state index contributed by atoms with van der Waals surface area (Å²) in [5.41, 5.74) is 0.691. The number of esters is 1. The van der Waals surface area contributed by atoms with Gasteiger partial charge in [-0.15, -0.1) is 0 Å². The van der Waals surface area contributed by atoms with Crippen LogP contribution in [0.5, 0.6) is 5.75 Å². The average molecular weight is 420 g/mol. The fourth-order valence-corrected chi connectivity index (χ4v) is 4.02. The van der Waals surface area contributed by atoms with Gasteiger partial charge in [-0.3, -0.25) is 13.9 Å². The SMILES string of the molecule is CCOC(=O)CN(c1ccccc1OCC)S(=O)(=O)c1ccc(NC(C)=O)cc1. The molecule has 0 bridgehead atoms. The van der Waals surface area contributed by atoms with Gasteiger partial charge >= 0.3 is 5.97 Å². The first-order valence-electron chi connectivity index (χ1n) is 9.07. The second-order valence-corrected chi connectivity index (χ2v) is 7.79. The Kier molecular flexibility index (Phi) is 7.60. The van der Waals surface area contributed by atoms with Crippen LogP contribution in [-0.2, 0) is 24.3 Å². The fourth-order valence-electron chi connectivity index (χ4n) is 2.61. The van der Waals surface area contributed by atoms with Gasteiger partial charge in [-0.25, -0.2) is 8.42 Å². The molecule has 0 saturated carbocycles. The van der Waals surface area contributed by atoms with Crippen LogP contribution in [0.1, 0.15) is 20.8 Å². The molecule has 0 aliphatic carbocycles. The Bertz CT molecular complexity index is 957. The summed E-state index contributed by atoms with van der Waals surface area (Å²) in [4.78, 5) is 23.3. The lowest BCUT2D eigenvalue weighted by atomic mass is 10.3. The Labute approximate surface area is 170 Å². The van der Waals surface area contributed by atoms with E-state index in [4.69, 9.17) is 9.47 Å². The maximum atomic E-state index is 13.3. The van der Waals surface area contributed by atoms with E-state index in [0.29, 0.717) is 18.0 Å². The maximum Gasteiger partial charge on any atom is 0.326 e. The van der Waals surface area contributed by atoms with Gasteiger partial charge in [0.15, 0.2) is 0 Å². The summed E-state index contributed by atoms with van der Waals surface area (Å²) in [7, 11) is -4.11. The van der Waals surface area contributed by atoms with Crippen LogP contribution < -0.4 is 14.4 Å². The van der Waals surface area contributed by atoms with E-state index in [9.17, 15) is 18.0 Å². The van der Waals surface area contributed by atoms with E-state index in [1.54, 1.807) is 38.1 Å². The van der Waals surface area contributed by atoms with Gasteiger partial charge in [-0.05, 0) is 50.2 Å². The van der Waals surface area contributed by atoms with Crippen LogP contribution in [0.3, 0.4) is 0 Å². The number of nitrogens with one attached hydrogen (secondary N) is 1. The third-order valence-electron chi connectivity index (χ3n) is 3.77. The molecule has 9 heteroatoms. The van der Waals surface area contributed by atoms with E-state index in [1.807, 2.05) is 0 Å². The number of benzene rings is 2. The number of carbonyl (C=O) groups excluding carboxylic acids is 2. The molecule has 0 atom stereocenters. The van der Waals surface area contributed by atoms with Crippen LogP contribution in [-0.4, -0.2) is 40.1 Å². The molecular weight excluding hydrogens is 396 g/mol. The van der Waals surface area contributed by atoms with E-state index >= 15 is 0 Å². The number of para-hydroxylation sites is 2. The number of hydrogen-bond donors (Lipinski definition) is 1. The van der Waals surface area contributed by atoms with E-state index < -0.39 is 22.5 Å². The van der Waals surface area contributed by atoms with Crippen molar-refractivity contribution in [3.63, 3.8) is 0 Å². The van der Waals surface area contributed by atoms with Gasteiger partial charge < -0.3 is 14.8 Å². The summed E-state index contributed by atoms with van der Waals surface area (Å²) >= 11 is 0. The molecule has 2 aromatic carbocycles. The number of ether oxygens (including phenoxy) is 2. The second-order valence-electron chi connectivity index (χ2n) is 5.92. The van der Waals surface area contributed by atoms with Gasteiger partial charge in [0.1, 0.15) is 12.3 Å². The standard InChI is InChI=1S/C20H24N2O6S/c1-4-27-19-9-7-6-8-18(19)22(14-20(24)28-5-2)29(25,26)17-12-10-16(11-13-17)21-15(3)23/h6-13H,4-5,14H2,1-3H3,(H,21,23). The van der Waals surface area contributed by atoms with Crippen LogP contribution in [0.15, 0.2) is 53.4 Å². The lowest BCUT2D eigenvalue weighted by molar-refractivity contribution is -0.141. The smallest absolute Gasteiger partial charge is 0.326 e. The third-order valence-corrected chi connectivity index (χ3v) is 5.55. The number of anilines is 2. The van der Waals surface area contributed by atoms with Crippen molar-refractivity contribution in [3.8, 4) is 5.75 Å². The first-order chi connectivity index (χ1) is 13.8. The van der Waals surface area contributed by atoms with Crippen molar-refractivity contribution in [2.24, 2.45) is 0 Å². The van der Waals surface area contributed by atoms with Crippen LogP contribution in [0, 0.1) is 0 Å². The van der Waals surface area contributed by atoms with Gasteiger partial charge in [0, 0.05) is 12.6 Å². The van der Waals surface area contributed by atoms with Crippen molar-refractivity contribution in [3.05, 3.63) is 48.5 Å². The zero-order chi connectivity index (χ0) is 21.4. The van der Waals surface area contributed by atoms with Crippen molar-refractivity contribution < 1.29 is 27.5 Å². The van der Waals surface area contributed by atoms with E-state index in [-0.39, 0.29) is 23.1 Å². The second kappa shape index (κ2) is 9.92. The molecule has 0 spiro atoms. The minimum Gasteiger partial charge on any atom is -0.492 e. The number of rotatable bonds is 9. The highest BCUT2D eigenvalue weighted by Gasteiger charge is 2.30. The van der Waals surface area contributed by atoms with Crippen LogP contribution in [0.2, 0.25) is 0 Å². The Morgan fingerprint density at radius 1 is 1.00 bits per heavy atom. The van der Waals surface area contributed by atoms with Gasteiger partial charge in [-0.2, -0.15) is 0 Å². The Hall–Kier alpha value is -3.07. The molecule has 0 heterocycles. The Balaban J connectivity index is 2.49. The van der Waals surface area contributed by atoms with Gasteiger partial charge in [0.25, 0.3) is 10.0 Å². The minimum absolute atomic E-state index is 0.0396. The Morgan fingerprint density at radius 3 is 2.24 bits per heavy atom. The van der Waals surface area contributed by atoms with Crippen molar-refractivity contribution >= 4 is 33.3 Å². The van der Waals surface area contributed by atoms with Crippen molar-refractivity contribution in [2.45, 2.75) is 25.7 Å². The largest absolute Gasteiger partial charge is 0.492 e. The van der Waals surface area contributed by atoms with Crippen LogP contribution >= 0.6 is 0 Å². The lowest BCUT2D eigenvalue weighted by Gasteiger charge is -2.25. The summed E-state index contributed by atoms with van der Waals surface area (Å²) in [5.74, 6) is -0.620. The molecule has 156 valence electrons. The summed E-state index contributed by atoms with van der Waals surface area (Å²) in [6.07, 6.45) is 0. The number of nitrogens with zero attached hydrogens (tertiary/aromatic N) is 1. The molecule has 0 aliphatic heterocycles. The fraction of sp³-hybridized carbons (Fsp3) is 0.300. The first-order valence-corrected chi connectivity index (χ1v) is 10.5. The number of hydrogen-bond acceptors (Lipinski definition) is 6. The van der Waals surface area contributed by atoms with Gasteiger partial charge in [0.2, 0.25) is 5.91 Å². The van der Waals surface area contributed by atoms with Gasteiger partial charge in [0.05, 0.1) is 23.8 Å². The molecule has 0 aromatic heterocycles. The van der Waals surface area contributed by atoms with E-state index in [2.05, 4.69) is 5.32 Å². The number of amides is 1. The van der Waals surface area contributed by atoms with Crippen molar-refractivity contribution in [1.29, 1.82) is 0 Å². The normalized spacial score (nSPS) is 10.9. The van der Waals surface area contributed by atoms with E-state index in [0.717, 1.165) is 4.31 Å². The number of sulfonamides is 1. The molecule has 1 amide bonds. The highest BCUT2D eigenvalue weighted by molar-refractivity contribution is 7.92. The van der Waals surface area contributed by atoms with Crippen LogP contribution in [0.25, 0.3) is 0 Å². The topological polar surface area (TPSA) is 102 Å². The van der Waals surface area contributed by atoms with Crippen molar-refractivity contribution in [2.75, 3.05) is 29.4 Å². The Morgan fingerprint density at radius 2 is 1.66 bits per heavy atom. The lowest BCUT2D eigenvalue weighted by Crippen LogP contribution is -2.37. The molecule has 8 nitrogen and oxygen atoms in total. The maximum absolute atomic E-state index is 13.3. The first kappa shape index (κ1) is 22.2. The summed E-state index contributed by atoms with van der Waals surface area (Å²) < 4.78 is 38.1. The molecular formula is C20H24N2O6S. The molecule has 0 fully saturated rings. The summed E-state index contributed by atoms with van der Waals surface area (Å²) in [6, 6.07) is 12.2. The highest BCUT2D eigenvalue weighted by Crippen LogP contribution is 2.32. The zero-order valence-electron chi connectivity index (χ0n) is 16.5. The predicted molar refractivity (Wildman–Crippen MR) is 110 cm³/mol. The quantitative estimate of drug-likeness (QED) is 0.626. The van der Waals surface area contributed by atoms with E-state index in [1.165, 1.54) is 31.2 Å². The average Bonchev–Trinajstić information content (AvgIpc) is 2.67. The minimum atomic E-state index is -4.11. The van der Waals surface area contributed by atoms with Crippen molar-refractivity contribution in [1.82, 2.24) is 0 Å². The highest BCUT2D eigenvalue weighted by atomic mass is 32.2. The molecule has 1 N–H and O–H groups in total. The molecule has 0 saturated heterocycles. The monoisotopic (exact) mass is 420 g/mol. The van der Waals surface area contributed by atoms with Crippen LogP contribution in [0.4, 0.5) is 11.4 Å². The molecule has 29 heavy (non-hydrogen) atoms. The molecule has 0 unspecified atom stereocenters. The zero-order valence-corrected chi connectivity index (χ0v) is 17.4. The third kappa shape index (κ3) is 5.71. The predicted octanol–water partition coefficient (Wildman–Crippen LogP) is 2.80. The number of carbonyl (C=O) groups is 2. The summed E-state index contributed by atoms with van der Waals surface area (Å²) in [6.45, 7) is 4.73. The molecule has 0 aliphatic rings. The molecule has 2 rings (SSSR count). The van der Waals surface area contributed by atoms with Gasteiger partial charge in [-0.1, -0.05) is 12.1 Å².